The van der Waals surface area contributed by atoms with Gasteiger partial charge in [0.2, 0.25) is 0 Å². The second-order valence-electron chi connectivity index (χ2n) is 8.29. The van der Waals surface area contributed by atoms with Gasteiger partial charge >= 0.3 is 5.97 Å². The van der Waals surface area contributed by atoms with E-state index in [1.54, 1.807) is 4.68 Å². The van der Waals surface area contributed by atoms with E-state index in [4.69, 9.17) is 4.74 Å². The number of cyclic esters (lactones) is 1. The van der Waals surface area contributed by atoms with E-state index in [1.807, 2.05) is 6.92 Å². The fourth-order valence-electron chi connectivity index (χ4n) is 4.41. The Bertz CT molecular complexity index is 872. The average Bonchev–Trinajstić information content (AvgIpc) is 3.47. The van der Waals surface area contributed by atoms with Crippen LogP contribution in [0.2, 0.25) is 0 Å². The second kappa shape index (κ2) is 9.86. The van der Waals surface area contributed by atoms with E-state index in [0.717, 1.165) is 63.0 Å². The van der Waals surface area contributed by atoms with E-state index in [1.165, 1.54) is 17.4 Å². The van der Waals surface area contributed by atoms with Crippen LogP contribution in [0.3, 0.4) is 0 Å². The van der Waals surface area contributed by atoms with Crippen molar-refractivity contribution in [3.63, 3.8) is 0 Å². The number of tetrazole rings is 1. The summed E-state index contributed by atoms with van der Waals surface area (Å²) in [5, 5.41) is 27.8. The van der Waals surface area contributed by atoms with Crippen LogP contribution in [0, 0.1) is 10.8 Å². The molecule has 0 saturated heterocycles. The molecule has 12 nitrogen and oxygen atoms in total. The number of carbonyl (C=O) groups is 1. The summed E-state index contributed by atoms with van der Waals surface area (Å²) < 4.78 is 6.44. The molecule has 0 unspecified atom stereocenters. The van der Waals surface area contributed by atoms with E-state index in [0.29, 0.717) is 17.7 Å². The van der Waals surface area contributed by atoms with Crippen molar-refractivity contribution in [3.8, 4) is 0 Å². The molecule has 1 aromatic rings. The summed E-state index contributed by atoms with van der Waals surface area (Å²) in [7, 11) is 0. The van der Waals surface area contributed by atoms with E-state index >= 15 is 0 Å². The smallest absolute Gasteiger partial charge is 0.333 e. The largest absolute Gasteiger partial charge is 0.456 e. The summed E-state index contributed by atoms with van der Waals surface area (Å²) in [4.78, 5) is 22.6. The lowest BCUT2D eigenvalue weighted by Gasteiger charge is -2.32. The van der Waals surface area contributed by atoms with Gasteiger partial charge in [0.1, 0.15) is 12.9 Å². The molecule has 1 N–H and O–H groups in total. The average molecular weight is 429 g/mol. The first-order chi connectivity index (χ1) is 15.1. The first-order valence-corrected chi connectivity index (χ1v) is 10.7. The van der Waals surface area contributed by atoms with E-state index in [9.17, 15) is 9.70 Å². The second-order valence-corrected chi connectivity index (χ2v) is 8.29. The third-order valence-corrected chi connectivity index (χ3v) is 6.12. The van der Waals surface area contributed by atoms with Gasteiger partial charge in [-0.3, -0.25) is 0 Å². The molecular weight excluding hydrogens is 402 g/mol. The number of nitrogens with one attached hydrogen (secondary N) is 1. The van der Waals surface area contributed by atoms with Gasteiger partial charge in [-0.15, -0.1) is 15.1 Å². The Morgan fingerprint density at radius 3 is 2.74 bits per heavy atom. The maximum Gasteiger partial charge on any atom is 0.333 e. The number of esters is 1. The Kier molecular flexibility index (Phi) is 6.75. The Morgan fingerprint density at radius 1 is 1.29 bits per heavy atom. The minimum atomic E-state index is -0.415. The van der Waals surface area contributed by atoms with Crippen LogP contribution < -0.4 is 5.32 Å². The van der Waals surface area contributed by atoms with Gasteiger partial charge in [0.05, 0.1) is 22.7 Å². The summed E-state index contributed by atoms with van der Waals surface area (Å²) in [5.41, 5.74) is 1.59. The lowest BCUT2D eigenvalue weighted by molar-refractivity contribution is -0.135. The SMILES string of the molecule is C[C@@H](CC1CCC(NCC2=NN=C(n3cnnn3)CC2)CC1)N(N=O)C1=CC(=O)OC1. The minimum Gasteiger partial charge on any atom is -0.456 e. The van der Waals surface area contributed by atoms with Crippen molar-refractivity contribution in [3.05, 3.63) is 23.0 Å². The van der Waals surface area contributed by atoms with Crippen LogP contribution in [0.5, 0.6) is 0 Å². The molecule has 3 heterocycles. The quantitative estimate of drug-likeness (QED) is 0.372. The molecule has 4 rings (SSSR count). The van der Waals surface area contributed by atoms with Crippen LogP contribution in [0.25, 0.3) is 0 Å². The van der Waals surface area contributed by atoms with E-state index in [2.05, 4.69) is 36.3 Å². The summed E-state index contributed by atoms with van der Waals surface area (Å²) in [5.74, 6) is 0.875. The van der Waals surface area contributed by atoms with E-state index < -0.39 is 5.97 Å². The summed E-state index contributed by atoms with van der Waals surface area (Å²) in [6.07, 6.45) is 9.71. The lowest BCUT2D eigenvalue weighted by Crippen LogP contribution is -2.38. The Balaban J connectivity index is 1.19. The monoisotopic (exact) mass is 429 g/mol. The van der Waals surface area contributed by atoms with Crippen LogP contribution in [0.15, 0.2) is 33.6 Å². The lowest BCUT2D eigenvalue weighted by atomic mass is 9.82. The number of hydrogen-bond donors (Lipinski definition) is 1. The molecule has 0 amide bonds. The molecule has 31 heavy (non-hydrogen) atoms. The van der Waals surface area contributed by atoms with Crippen molar-refractivity contribution in [1.82, 2.24) is 30.5 Å². The van der Waals surface area contributed by atoms with Crippen LogP contribution >= 0.6 is 0 Å². The van der Waals surface area contributed by atoms with Crippen LogP contribution in [-0.4, -0.2) is 68.0 Å². The van der Waals surface area contributed by atoms with Crippen molar-refractivity contribution < 1.29 is 9.53 Å². The molecule has 1 aromatic heterocycles. The molecular formula is C19H27N9O3. The first-order valence-electron chi connectivity index (χ1n) is 10.7. The van der Waals surface area contributed by atoms with Crippen molar-refractivity contribution in [2.24, 2.45) is 21.4 Å². The summed E-state index contributed by atoms with van der Waals surface area (Å²) in [6.45, 7) is 2.83. The van der Waals surface area contributed by atoms with Crippen LogP contribution in [0.4, 0.5) is 0 Å². The molecule has 0 spiro atoms. The molecule has 1 aliphatic carbocycles. The van der Waals surface area contributed by atoms with Gasteiger partial charge < -0.3 is 10.1 Å². The molecule has 3 aliphatic rings. The highest BCUT2D eigenvalue weighted by Gasteiger charge is 2.28. The molecule has 0 bridgehead atoms. The normalized spacial score (nSPS) is 24.7. The summed E-state index contributed by atoms with van der Waals surface area (Å²) >= 11 is 0. The molecule has 1 fully saturated rings. The topological polar surface area (TPSA) is 139 Å². The first kappa shape index (κ1) is 21.2. The van der Waals surface area contributed by atoms with Gasteiger partial charge in [-0.25, -0.2) is 9.80 Å². The van der Waals surface area contributed by atoms with Gasteiger partial charge in [0, 0.05) is 25.1 Å². The number of nitrogens with zero attached hydrogens (tertiary/aromatic N) is 8. The standard InChI is InChI=1S/C19H27N9O3/c1-13(28(26-30)17-9-19(29)31-11-17)8-14-2-4-15(5-3-14)20-10-16-6-7-18(23-22-16)27-12-21-24-25-27/h9,12-15,20H,2-8,10-11H2,1H3/t13-,14?,15?/m0/s1. The predicted octanol–water partition coefficient (Wildman–Crippen LogP) is 1.42. The molecule has 2 aliphatic heterocycles. The third-order valence-electron chi connectivity index (χ3n) is 6.12. The van der Waals surface area contributed by atoms with Crippen LogP contribution in [0.1, 0.15) is 51.9 Å². The zero-order valence-electron chi connectivity index (χ0n) is 17.6. The van der Waals surface area contributed by atoms with Crippen molar-refractivity contribution in [2.75, 3.05) is 13.2 Å². The molecule has 12 heteroatoms. The van der Waals surface area contributed by atoms with Gasteiger partial charge in [0.25, 0.3) is 0 Å². The number of carbonyl (C=O) groups excluding carboxylic acids is 1. The molecule has 1 atom stereocenters. The summed E-state index contributed by atoms with van der Waals surface area (Å²) in [6, 6.07) is 0.402. The molecule has 0 radical (unpaired) electrons. The van der Waals surface area contributed by atoms with Gasteiger partial charge in [0.15, 0.2) is 5.84 Å². The van der Waals surface area contributed by atoms with Crippen molar-refractivity contribution >= 4 is 17.5 Å². The fourth-order valence-corrected chi connectivity index (χ4v) is 4.41. The highest BCUT2D eigenvalue weighted by molar-refractivity contribution is 5.95. The van der Waals surface area contributed by atoms with Crippen LogP contribution in [-0.2, 0) is 9.53 Å². The van der Waals surface area contributed by atoms with E-state index in [-0.39, 0.29) is 12.6 Å². The fraction of sp³-hybridized carbons (Fsp3) is 0.684. The highest BCUT2D eigenvalue weighted by Crippen LogP contribution is 2.30. The maximum atomic E-state index is 11.3. The number of nitroso groups, excluding NO2 is 1. The third kappa shape index (κ3) is 5.37. The van der Waals surface area contributed by atoms with Gasteiger partial charge in [-0.1, -0.05) is 0 Å². The molecule has 1 saturated carbocycles. The number of rotatable bonds is 8. The highest BCUT2D eigenvalue weighted by atomic mass is 16.5. The van der Waals surface area contributed by atoms with Gasteiger partial charge in [-0.2, -0.15) is 9.78 Å². The Labute approximate surface area is 179 Å². The molecule has 0 aromatic carbocycles. The maximum absolute atomic E-state index is 11.3. The Hall–Kier alpha value is -3.02. The predicted molar refractivity (Wildman–Crippen MR) is 112 cm³/mol. The zero-order chi connectivity index (χ0) is 21.6. The number of hydrogen-bond acceptors (Lipinski definition) is 10. The molecule has 166 valence electrons. The van der Waals surface area contributed by atoms with Crippen molar-refractivity contribution in [2.45, 2.75) is 64.0 Å². The zero-order valence-corrected chi connectivity index (χ0v) is 17.6. The van der Waals surface area contributed by atoms with Gasteiger partial charge in [-0.05, 0) is 61.8 Å². The van der Waals surface area contributed by atoms with Crippen molar-refractivity contribution in [1.29, 1.82) is 0 Å². The number of aromatic nitrogens is 4. The minimum absolute atomic E-state index is 0.0587. The Morgan fingerprint density at radius 2 is 2.13 bits per heavy atom. The number of ether oxygens (including phenoxy) is 1.